The monoisotopic (exact) mass is 345 g/mol. The van der Waals surface area contributed by atoms with Gasteiger partial charge in [-0.1, -0.05) is 23.7 Å². The summed E-state index contributed by atoms with van der Waals surface area (Å²) >= 11 is 8.85. The van der Waals surface area contributed by atoms with Crippen LogP contribution in [0.4, 0.5) is 14.5 Å². The molecule has 0 saturated heterocycles. The quantitative estimate of drug-likeness (QED) is 0.768. The van der Waals surface area contributed by atoms with Gasteiger partial charge < -0.3 is 5.32 Å². The average molecular weight is 347 g/mol. The Bertz CT molecular complexity index is 604. The lowest BCUT2D eigenvalue weighted by atomic mass is 10.1. The Hall–Kier alpha value is -1.13. The van der Waals surface area contributed by atoms with E-state index < -0.39 is 5.82 Å². The topological polar surface area (TPSA) is 12.0 Å². The summed E-state index contributed by atoms with van der Waals surface area (Å²) < 4.78 is 27.3. The van der Waals surface area contributed by atoms with Crippen LogP contribution in [0.2, 0.25) is 5.02 Å². The molecular formula is C14H11BrClF2N. The minimum absolute atomic E-state index is 0.0671. The molecule has 0 saturated carbocycles. The minimum atomic E-state index is -0.489. The van der Waals surface area contributed by atoms with Gasteiger partial charge in [-0.25, -0.2) is 8.78 Å². The Morgan fingerprint density at radius 2 is 1.95 bits per heavy atom. The summed E-state index contributed by atoms with van der Waals surface area (Å²) in [6.07, 6.45) is 0. The normalized spacial score (nSPS) is 12.3. The van der Waals surface area contributed by atoms with Gasteiger partial charge in [-0.15, -0.1) is 0 Å². The smallest absolute Gasteiger partial charge is 0.164 e. The van der Waals surface area contributed by atoms with Crippen LogP contribution in [0.5, 0.6) is 0 Å². The van der Waals surface area contributed by atoms with E-state index in [-0.39, 0.29) is 16.9 Å². The summed E-state index contributed by atoms with van der Waals surface area (Å²) in [7, 11) is 0. The molecule has 0 fully saturated rings. The van der Waals surface area contributed by atoms with Gasteiger partial charge in [-0.05, 0) is 52.7 Å². The maximum absolute atomic E-state index is 13.8. The van der Waals surface area contributed by atoms with E-state index in [9.17, 15) is 8.78 Å². The summed E-state index contributed by atoms with van der Waals surface area (Å²) in [6, 6.07) is 9.27. The largest absolute Gasteiger partial charge is 0.376 e. The molecule has 5 heteroatoms. The van der Waals surface area contributed by atoms with Crippen LogP contribution in [0, 0.1) is 11.6 Å². The van der Waals surface area contributed by atoms with E-state index >= 15 is 0 Å². The van der Waals surface area contributed by atoms with Gasteiger partial charge in [0.1, 0.15) is 5.82 Å². The minimum Gasteiger partial charge on any atom is -0.376 e. The Morgan fingerprint density at radius 1 is 1.21 bits per heavy atom. The van der Waals surface area contributed by atoms with E-state index in [0.717, 1.165) is 5.56 Å². The molecule has 1 unspecified atom stereocenters. The molecule has 1 N–H and O–H groups in total. The lowest BCUT2D eigenvalue weighted by Gasteiger charge is -2.17. The molecule has 1 nitrogen and oxygen atoms in total. The van der Waals surface area contributed by atoms with E-state index in [4.69, 9.17) is 11.6 Å². The first-order valence-corrected chi connectivity index (χ1v) is 6.81. The second-order valence-corrected chi connectivity index (χ2v) is 5.40. The Balaban J connectivity index is 2.23. The molecule has 1 atom stereocenters. The molecule has 0 aromatic heterocycles. The third kappa shape index (κ3) is 3.25. The Labute approximate surface area is 123 Å². The molecule has 0 heterocycles. The maximum Gasteiger partial charge on any atom is 0.164 e. The van der Waals surface area contributed by atoms with Crippen molar-refractivity contribution < 1.29 is 8.78 Å². The zero-order chi connectivity index (χ0) is 14.0. The first-order chi connectivity index (χ1) is 8.99. The maximum atomic E-state index is 13.8. The number of hydrogen-bond acceptors (Lipinski definition) is 1. The summed E-state index contributed by atoms with van der Waals surface area (Å²) in [5.74, 6) is -0.818. The summed E-state index contributed by atoms with van der Waals surface area (Å²) in [6.45, 7) is 1.86. The highest BCUT2D eigenvalue weighted by Crippen LogP contribution is 2.27. The lowest BCUT2D eigenvalue weighted by molar-refractivity contribution is 0.618. The summed E-state index contributed by atoms with van der Waals surface area (Å²) in [5, 5.41) is 3.08. The Morgan fingerprint density at radius 3 is 2.63 bits per heavy atom. The summed E-state index contributed by atoms with van der Waals surface area (Å²) in [4.78, 5) is 0. The number of nitrogens with one attached hydrogen (secondary N) is 1. The third-order valence-corrected chi connectivity index (χ3v) is 3.67. The molecule has 0 aliphatic heterocycles. The molecule has 19 heavy (non-hydrogen) atoms. The highest BCUT2D eigenvalue weighted by atomic mass is 79.9. The van der Waals surface area contributed by atoms with Crippen LogP contribution < -0.4 is 5.32 Å². The number of rotatable bonds is 3. The molecule has 0 amide bonds. The molecular weight excluding hydrogens is 336 g/mol. The predicted molar refractivity (Wildman–Crippen MR) is 77.5 cm³/mol. The van der Waals surface area contributed by atoms with Crippen molar-refractivity contribution in [3.63, 3.8) is 0 Å². The van der Waals surface area contributed by atoms with Gasteiger partial charge in [-0.2, -0.15) is 0 Å². The fourth-order valence-electron chi connectivity index (χ4n) is 1.71. The molecule has 0 radical (unpaired) electrons. The Kier molecular flexibility index (Phi) is 4.42. The van der Waals surface area contributed by atoms with Crippen LogP contribution in [0.3, 0.4) is 0 Å². The number of hydrogen-bond donors (Lipinski definition) is 1. The molecule has 2 rings (SSSR count). The molecule has 0 aliphatic carbocycles. The zero-order valence-electron chi connectivity index (χ0n) is 10.1. The molecule has 0 spiro atoms. The van der Waals surface area contributed by atoms with E-state index in [0.29, 0.717) is 10.2 Å². The van der Waals surface area contributed by atoms with Crippen molar-refractivity contribution in [2.75, 3.05) is 5.32 Å². The molecule has 100 valence electrons. The molecule has 0 bridgehead atoms. The standard InChI is InChI=1S/C14H11BrClF2N/c1-8(9-5-6-12(17)10(15)7-9)19-13-4-2-3-11(16)14(13)18/h2-8,19H,1H3. The lowest BCUT2D eigenvalue weighted by Crippen LogP contribution is -2.08. The van der Waals surface area contributed by atoms with Gasteiger partial charge >= 0.3 is 0 Å². The molecule has 0 aliphatic rings. The van der Waals surface area contributed by atoms with Crippen LogP contribution in [0.25, 0.3) is 0 Å². The second kappa shape index (κ2) is 5.88. The number of anilines is 1. The van der Waals surface area contributed by atoms with Gasteiger partial charge in [0, 0.05) is 6.04 Å². The van der Waals surface area contributed by atoms with E-state index in [1.165, 1.54) is 12.1 Å². The fraction of sp³-hybridized carbons (Fsp3) is 0.143. The number of halogens is 4. The van der Waals surface area contributed by atoms with Crippen molar-refractivity contribution in [2.24, 2.45) is 0 Å². The third-order valence-electron chi connectivity index (χ3n) is 2.77. The van der Waals surface area contributed by atoms with Crippen molar-refractivity contribution in [3.05, 3.63) is 63.1 Å². The van der Waals surface area contributed by atoms with Crippen LogP contribution in [0.15, 0.2) is 40.9 Å². The molecule has 2 aromatic carbocycles. The van der Waals surface area contributed by atoms with Crippen molar-refractivity contribution in [1.82, 2.24) is 0 Å². The van der Waals surface area contributed by atoms with Gasteiger partial charge in [0.25, 0.3) is 0 Å². The highest BCUT2D eigenvalue weighted by Gasteiger charge is 2.11. The van der Waals surface area contributed by atoms with Crippen LogP contribution in [-0.2, 0) is 0 Å². The van der Waals surface area contributed by atoms with Gasteiger partial charge in [0.2, 0.25) is 0 Å². The van der Waals surface area contributed by atoms with Gasteiger partial charge in [-0.3, -0.25) is 0 Å². The fourth-order valence-corrected chi connectivity index (χ4v) is 2.28. The first-order valence-electron chi connectivity index (χ1n) is 5.64. The predicted octanol–water partition coefficient (Wildman–Crippen LogP) is 5.55. The van der Waals surface area contributed by atoms with Crippen molar-refractivity contribution >= 4 is 33.2 Å². The first kappa shape index (κ1) is 14.3. The molecule has 2 aromatic rings. The van der Waals surface area contributed by atoms with Crippen molar-refractivity contribution in [2.45, 2.75) is 13.0 Å². The van der Waals surface area contributed by atoms with E-state index in [1.54, 1.807) is 24.3 Å². The van der Waals surface area contributed by atoms with E-state index in [1.807, 2.05) is 6.92 Å². The SMILES string of the molecule is CC(Nc1cccc(Cl)c1F)c1ccc(F)c(Br)c1. The van der Waals surface area contributed by atoms with E-state index in [2.05, 4.69) is 21.2 Å². The van der Waals surface area contributed by atoms with Crippen molar-refractivity contribution in [3.8, 4) is 0 Å². The van der Waals surface area contributed by atoms with Crippen LogP contribution in [-0.4, -0.2) is 0 Å². The van der Waals surface area contributed by atoms with Gasteiger partial charge in [0.05, 0.1) is 15.2 Å². The van der Waals surface area contributed by atoms with Crippen LogP contribution in [0.1, 0.15) is 18.5 Å². The number of benzene rings is 2. The van der Waals surface area contributed by atoms with Crippen LogP contribution >= 0.6 is 27.5 Å². The summed E-state index contributed by atoms with van der Waals surface area (Å²) in [5.41, 5.74) is 1.16. The zero-order valence-corrected chi connectivity index (χ0v) is 12.4. The average Bonchev–Trinajstić information content (AvgIpc) is 2.38. The highest BCUT2D eigenvalue weighted by molar-refractivity contribution is 9.10. The van der Waals surface area contributed by atoms with Gasteiger partial charge in [0.15, 0.2) is 5.82 Å². The second-order valence-electron chi connectivity index (χ2n) is 4.14. The van der Waals surface area contributed by atoms with Crippen molar-refractivity contribution in [1.29, 1.82) is 0 Å².